The first-order chi connectivity index (χ1) is 15.5. The van der Waals surface area contributed by atoms with Gasteiger partial charge in [0.15, 0.2) is 16.6 Å². The molecule has 3 rings (SSSR count). The highest BCUT2D eigenvalue weighted by Gasteiger charge is 2.46. The van der Waals surface area contributed by atoms with Crippen LogP contribution in [0.5, 0.6) is 0 Å². The molecule has 2 aromatic carbocycles. The van der Waals surface area contributed by atoms with Crippen LogP contribution in [0.25, 0.3) is 0 Å². The van der Waals surface area contributed by atoms with E-state index in [0.717, 1.165) is 30.5 Å². The molecule has 1 unspecified atom stereocenters. The molecule has 1 fully saturated rings. The van der Waals surface area contributed by atoms with Crippen molar-refractivity contribution in [3.8, 4) is 0 Å². The quantitative estimate of drug-likeness (QED) is 0.414. The van der Waals surface area contributed by atoms with Crippen LogP contribution in [0.4, 0.5) is 0 Å². The lowest BCUT2D eigenvalue weighted by Crippen LogP contribution is -2.53. The van der Waals surface area contributed by atoms with Crippen LogP contribution in [0.1, 0.15) is 65.5 Å². The first-order valence-corrected chi connectivity index (χ1v) is 18.6. The molecular weight excluding hydrogens is 450 g/mol. The molecule has 190 valence electrons. The third kappa shape index (κ3) is 6.70. The van der Waals surface area contributed by atoms with Gasteiger partial charge in [0, 0.05) is 6.04 Å². The molecule has 2 aromatic rings. The lowest BCUT2D eigenvalue weighted by Gasteiger charge is -2.47. The Labute approximate surface area is 211 Å². The summed E-state index contributed by atoms with van der Waals surface area (Å²) in [4.78, 5) is 0. The van der Waals surface area contributed by atoms with Crippen molar-refractivity contribution in [3.63, 3.8) is 0 Å². The molecule has 0 radical (unpaired) electrons. The minimum absolute atomic E-state index is 0.0808. The van der Waals surface area contributed by atoms with E-state index < -0.39 is 22.2 Å². The van der Waals surface area contributed by atoms with Crippen LogP contribution < -0.4 is 5.32 Å². The normalized spacial score (nSPS) is 17.8. The zero-order chi connectivity index (χ0) is 25.8. The fourth-order valence-electron chi connectivity index (χ4n) is 3.94. The minimum Gasteiger partial charge on any atom is -0.455 e. The van der Waals surface area contributed by atoms with Gasteiger partial charge >= 0.3 is 0 Å². The van der Waals surface area contributed by atoms with Crippen LogP contribution in [0, 0.1) is 0 Å². The van der Waals surface area contributed by atoms with E-state index in [0.29, 0.717) is 10.1 Å². The second kappa shape index (κ2) is 10.8. The molecule has 34 heavy (non-hydrogen) atoms. The first-order valence-electron chi connectivity index (χ1n) is 12.8. The topological polar surface area (TPSA) is 41.5 Å². The van der Waals surface area contributed by atoms with Crippen molar-refractivity contribution in [2.75, 3.05) is 6.54 Å². The summed E-state index contributed by atoms with van der Waals surface area (Å²) in [5.41, 5.74) is 0.972. The molecule has 1 aliphatic heterocycles. The van der Waals surface area contributed by atoms with E-state index in [-0.39, 0.29) is 6.04 Å². The van der Waals surface area contributed by atoms with Gasteiger partial charge in [0.2, 0.25) is 0 Å². The molecule has 1 atom stereocenters. The van der Waals surface area contributed by atoms with Gasteiger partial charge in [-0.15, -0.1) is 0 Å². The highest BCUT2D eigenvalue weighted by atomic mass is 28.4. The van der Waals surface area contributed by atoms with Gasteiger partial charge in [0.05, 0.1) is 0 Å². The van der Waals surface area contributed by atoms with E-state index in [1.807, 2.05) is 60.7 Å². The Kier molecular flexibility index (Phi) is 9.20. The van der Waals surface area contributed by atoms with Gasteiger partial charge in [-0.3, -0.25) is 0 Å². The number of hydrogen-bond donors (Lipinski definition) is 2. The van der Waals surface area contributed by atoms with Crippen LogP contribution >= 0.6 is 0 Å². The first kappa shape index (κ1) is 29.0. The largest absolute Gasteiger partial charge is 0.455 e. The van der Waals surface area contributed by atoms with Crippen molar-refractivity contribution < 1.29 is 9.22 Å². The molecule has 1 heterocycles. The predicted octanol–water partition coefficient (Wildman–Crippen LogP) is 7.69. The summed E-state index contributed by atoms with van der Waals surface area (Å²) < 4.78 is 6.63. The van der Waals surface area contributed by atoms with E-state index in [9.17, 15) is 5.11 Å². The fourth-order valence-corrected chi connectivity index (χ4v) is 11.5. The second-order valence-electron chi connectivity index (χ2n) is 12.8. The summed E-state index contributed by atoms with van der Waals surface area (Å²) in [6, 6.07) is 20.0. The molecule has 3 nitrogen and oxygen atoms in total. The Balaban J connectivity index is 0.000000249. The maximum Gasteiger partial charge on any atom is 0.178 e. The minimum atomic E-state index is -1.59. The predicted molar refractivity (Wildman–Crippen MR) is 152 cm³/mol. The van der Waals surface area contributed by atoms with E-state index >= 15 is 0 Å². The Bertz CT molecular complexity index is 814. The average molecular weight is 500 g/mol. The summed E-state index contributed by atoms with van der Waals surface area (Å²) in [6.45, 7) is 24.3. The van der Waals surface area contributed by atoms with Crippen LogP contribution in [0.2, 0.25) is 36.3 Å². The van der Waals surface area contributed by atoms with E-state index in [1.165, 1.54) is 0 Å². The Hall–Kier alpha value is -1.25. The third-order valence-electron chi connectivity index (χ3n) is 8.12. The van der Waals surface area contributed by atoms with Crippen molar-refractivity contribution in [2.24, 2.45) is 0 Å². The molecule has 0 aliphatic carbocycles. The van der Waals surface area contributed by atoms with Crippen molar-refractivity contribution in [1.82, 2.24) is 5.32 Å². The number of nitrogens with one attached hydrogen (secondary N) is 1. The molecule has 2 N–H and O–H groups in total. The lowest BCUT2D eigenvalue weighted by atomic mass is 9.79. The maximum atomic E-state index is 11.4. The highest BCUT2D eigenvalue weighted by Crippen LogP contribution is 2.44. The molecular formula is C29H49NO2Si2. The SMILES string of the molecule is CC(C)(C)[Si](C)(C)O[Si](C)(C)C(C)(C)C.OC(c1ccccc1)(c1ccccc1)C1CCCN1. The van der Waals surface area contributed by atoms with Gasteiger partial charge in [-0.05, 0) is 66.8 Å². The zero-order valence-corrected chi connectivity index (χ0v) is 25.3. The molecule has 0 aromatic heterocycles. The molecule has 0 bridgehead atoms. The number of hydrogen-bond acceptors (Lipinski definition) is 3. The van der Waals surface area contributed by atoms with Crippen molar-refractivity contribution in [3.05, 3.63) is 71.8 Å². The Morgan fingerprint density at radius 3 is 1.41 bits per heavy atom. The van der Waals surface area contributed by atoms with Crippen LogP contribution in [0.15, 0.2) is 60.7 Å². The number of aliphatic hydroxyl groups is 1. The van der Waals surface area contributed by atoms with Crippen molar-refractivity contribution in [1.29, 1.82) is 0 Å². The number of benzene rings is 2. The fraction of sp³-hybridized carbons (Fsp3) is 0.586. The monoisotopic (exact) mass is 499 g/mol. The van der Waals surface area contributed by atoms with Crippen molar-refractivity contribution >= 4 is 16.6 Å². The van der Waals surface area contributed by atoms with Gasteiger partial charge in [-0.2, -0.15) is 0 Å². The summed E-state index contributed by atoms with van der Waals surface area (Å²) in [7, 11) is -3.18. The van der Waals surface area contributed by atoms with E-state index in [2.05, 4.69) is 73.0 Å². The molecule has 0 saturated carbocycles. The van der Waals surface area contributed by atoms with Gasteiger partial charge in [0.1, 0.15) is 5.60 Å². The van der Waals surface area contributed by atoms with Gasteiger partial charge in [-0.25, -0.2) is 0 Å². The standard InChI is InChI=1S/C17H19NO.C12H30OSi2/c19-17(16-12-7-13-18-16,14-8-3-1-4-9-14)15-10-5-2-6-11-15;1-11(2,3)14(7,8)13-15(9,10)12(4,5)6/h1-6,8-11,16,18-19H,7,12-13H2;1-10H3. The lowest BCUT2D eigenvalue weighted by molar-refractivity contribution is 0.0442. The average Bonchev–Trinajstić information content (AvgIpc) is 3.28. The Morgan fingerprint density at radius 1 is 0.735 bits per heavy atom. The highest BCUT2D eigenvalue weighted by molar-refractivity contribution is 6.87. The van der Waals surface area contributed by atoms with Crippen LogP contribution in [0.3, 0.4) is 0 Å². The molecule has 5 heteroatoms. The van der Waals surface area contributed by atoms with E-state index in [4.69, 9.17) is 4.12 Å². The summed E-state index contributed by atoms with van der Waals surface area (Å²) in [5.74, 6) is 0. The molecule has 0 amide bonds. The van der Waals surface area contributed by atoms with Gasteiger partial charge in [0.25, 0.3) is 0 Å². The summed E-state index contributed by atoms with van der Waals surface area (Å²) >= 11 is 0. The second-order valence-corrected chi connectivity index (χ2v) is 22.6. The molecule has 0 spiro atoms. The Morgan fingerprint density at radius 2 is 1.12 bits per heavy atom. The molecule has 1 aliphatic rings. The van der Waals surface area contributed by atoms with Crippen LogP contribution in [-0.4, -0.2) is 34.3 Å². The summed E-state index contributed by atoms with van der Waals surface area (Å²) in [6.07, 6.45) is 2.12. The van der Waals surface area contributed by atoms with Gasteiger partial charge < -0.3 is 14.5 Å². The molecule has 1 saturated heterocycles. The smallest absolute Gasteiger partial charge is 0.178 e. The van der Waals surface area contributed by atoms with E-state index in [1.54, 1.807) is 0 Å². The maximum absolute atomic E-state index is 11.4. The van der Waals surface area contributed by atoms with Crippen LogP contribution in [-0.2, 0) is 9.72 Å². The zero-order valence-electron chi connectivity index (χ0n) is 23.3. The number of rotatable bonds is 5. The third-order valence-corrected chi connectivity index (χ3v) is 19.4. The summed E-state index contributed by atoms with van der Waals surface area (Å²) in [5, 5.41) is 15.5. The van der Waals surface area contributed by atoms with Crippen molar-refractivity contribution in [2.45, 2.75) is 102 Å². The van der Waals surface area contributed by atoms with Gasteiger partial charge in [-0.1, -0.05) is 102 Å².